The topological polar surface area (TPSA) is 102 Å². The Kier molecular flexibility index (Phi) is 4.84. The summed E-state index contributed by atoms with van der Waals surface area (Å²) in [6, 6.07) is 3.89. The molecular weight excluding hydrogens is 333 g/mol. The molecule has 0 aliphatic carbocycles. The third kappa shape index (κ3) is 3.34. The lowest BCUT2D eigenvalue weighted by Gasteiger charge is -2.32. The number of nitrogens with one attached hydrogen (secondary N) is 1. The summed E-state index contributed by atoms with van der Waals surface area (Å²) >= 11 is 0. The number of hydrogen-bond donors (Lipinski definition) is 2. The maximum absolute atomic E-state index is 12.5. The SMILES string of the molecule is CCNS(=O)(=O)c1cc(C(=O)O)ccc1B1OC(C)(C)C(C)(C)O1. The van der Waals surface area contributed by atoms with Crippen LogP contribution in [0.1, 0.15) is 45.0 Å². The summed E-state index contributed by atoms with van der Waals surface area (Å²) in [5.41, 5.74) is -1.11. The average molecular weight is 355 g/mol. The van der Waals surface area contributed by atoms with Gasteiger partial charge >= 0.3 is 13.1 Å². The van der Waals surface area contributed by atoms with Gasteiger partial charge in [-0.25, -0.2) is 17.9 Å². The second kappa shape index (κ2) is 6.14. The van der Waals surface area contributed by atoms with E-state index in [4.69, 9.17) is 14.4 Å². The molecule has 1 aromatic rings. The van der Waals surface area contributed by atoms with E-state index in [-0.39, 0.29) is 22.5 Å². The van der Waals surface area contributed by atoms with Crippen LogP contribution in [0.25, 0.3) is 0 Å². The number of benzene rings is 1. The van der Waals surface area contributed by atoms with Gasteiger partial charge in [-0.2, -0.15) is 0 Å². The van der Waals surface area contributed by atoms with E-state index in [1.165, 1.54) is 12.1 Å². The van der Waals surface area contributed by atoms with Gasteiger partial charge in [0, 0.05) is 12.0 Å². The van der Waals surface area contributed by atoms with Crippen LogP contribution in [0.5, 0.6) is 0 Å². The number of carboxylic acids is 1. The minimum atomic E-state index is -3.88. The van der Waals surface area contributed by atoms with Crippen LogP contribution in [0.15, 0.2) is 23.1 Å². The van der Waals surface area contributed by atoms with E-state index in [1.807, 2.05) is 27.7 Å². The first kappa shape index (κ1) is 18.9. The Hall–Kier alpha value is -1.42. The predicted octanol–water partition coefficient (Wildman–Crippen LogP) is 0.982. The Morgan fingerprint density at radius 2 is 1.75 bits per heavy atom. The van der Waals surface area contributed by atoms with Crippen molar-refractivity contribution in [2.45, 2.75) is 50.7 Å². The van der Waals surface area contributed by atoms with Crippen LogP contribution in [-0.2, 0) is 19.3 Å². The monoisotopic (exact) mass is 355 g/mol. The van der Waals surface area contributed by atoms with Crippen LogP contribution in [0.3, 0.4) is 0 Å². The molecule has 1 aromatic carbocycles. The molecule has 0 radical (unpaired) electrons. The van der Waals surface area contributed by atoms with Crippen molar-refractivity contribution < 1.29 is 27.6 Å². The van der Waals surface area contributed by atoms with Crippen LogP contribution >= 0.6 is 0 Å². The largest absolute Gasteiger partial charge is 0.496 e. The summed E-state index contributed by atoms with van der Waals surface area (Å²) < 4.78 is 39.2. The van der Waals surface area contributed by atoms with E-state index in [0.29, 0.717) is 0 Å². The number of carbonyl (C=O) groups is 1. The number of hydrogen-bond acceptors (Lipinski definition) is 5. The van der Waals surface area contributed by atoms with Gasteiger partial charge in [0.25, 0.3) is 0 Å². The Bertz CT molecular complexity index is 743. The van der Waals surface area contributed by atoms with Crippen LogP contribution in [-0.4, -0.2) is 44.4 Å². The maximum atomic E-state index is 12.5. The Balaban J connectivity index is 2.57. The molecule has 2 N–H and O–H groups in total. The van der Waals surface area contributed by atoms with Gasteiger partial charge in [-0.05, 0) is 39.8 Å². The lowest BCUT2D eigenvalue weighted by atomic mass is 9.78. The van der Waals surface area contributed by atoms with Gasteiger partial charge in [-0.15, -0.1) is 0 Å². The first-order valence-corrected chi connectivity index (χ1v) is 9.12. The summed E-state index contributed by atoms with van der Waals surface area (Å²) in [6.07, 6.45) is 0. The lowest BCUT2D eigenvalue weighted by molar-refractivity contribution is 0.00578. The molecule has 1 aliphatic heterocycles. The van der Waals surface area contributed by atoms with Gasteiger partial charge in [0.2, 0.25) is 10.0 Å². The van der Waals surface area contributed by atoms with Gasteiger partial charge < -0.3 is 14.4 Å². The number of sulfonamides is 1. The Morgan fingerprint density at radius 3 is 2.21 bits per heavy atom. The molecule has 0 bridgehead atoms. The normalized spacial score (nSPS) is 19.5. The minimum absolute atomic E-state index is 0.119. The zero-order chi connectivity index (χ0) is 18.3. The van der Waals surface area contributed by atoms with Crippen molar-refractivity contribution in [3.63, 3.8) is 0 Å². The van der Waals surface area contributed by atoms with Crippen molar-refractivity contribution >= 4 is 28.6 Å². The molecule has 0 atom stereocenters. The Morgan fingerprint density at radius 1 is 1.21 bits per heavy atom. The van der Waals surface area contributed by atoms with Gasteiger partial charge in [0.15, 0.2) is 0 Å². The van der Waals surface area contributed by atoms with Crippen molar-refractivity contribution in [1.29, 1.82) is 0 Å². The molecule has 0 amide bonds. The van der Waals surface area contributed by atoms with Crippen LogP contribution in [0.4, 0.5) is 0 Å². The fraction of sp³-hybridized carbons (Fsp3) is 0.533. The highest BCUT2D eigenvalue weighted by Crippen LogP contribution is 2.37. The van der Waals surface area contributed by atoms with E-state index >= 15 is 0 Å². The van der Waals surface area contributed by atoms with Crippen molar-refractivity contribution in [3.05, 3.63) is 23.8 Å². The molecule has 0 spiro atoms. The summed E-state index contributed by atoms with van der Waals surface area (Å²) in [5, 5.41) is 9.15. The predicted molar refractivity (Wildman–Crippen MR) is 90.0 cm³/mol. The second-order valence-electron chi connectivity index (χ2n) is 6.65. The molecule has 1 aliphatic rings. The third-order valence-electron chi connectivity index (χ3n) is 4.39. The second-order valence-corrected chi connectivity index (χ2v) is 8.38. The minimum Gasteiger partial charge on any atom is -0.478 e. The van der Waals surface area contributed by atoms with Crippen molar-refractivity contribution in [2.75, 3.05) is 6.54 Å². The first-order chi connectivity index (χ1) is 10.9. The van der Waals surface area contributed by atoms with Gasteiger partial charge in [0.1, 0.15) is 0 Å². The van der Waals surface area contributed by atoms with Crippen LogP contribution in [0.2, 0.25) is 0 Å². The van der Waals surface area contributed by atoms with Crippen LogP contribution in [0, 0.1) is 0 Å². The first-order valence-electron chi connectivity index (χ1n) is 7.64. The summed E-state index contributed by atoms with van der Waals surface area (Å²) in [6.45, 7) is 9.26. The smallest absolute Gasteiger partial charge is 0.478 e. The van der Waals surface area contributed by atoms with E-state index in [9.17, 15) is 13.2 Å². The standard InChI is InChI=1S/C15H22BNO6S/c1-6-17-24(20,21)12-9-10(13(18)19)7-8-11(12)16-22-14(2,3)15(4,5)23-16/h7-9,17H,6H2,1-5H3,(H,18,19). The molecular formula is C15H22BNO6S. The zero-order valence-corrected chi connectivity index (χ0v) is 15.2. The average Bonchev–Trinajstić information content (AvgIpc) is 2.66. The molecule has 0 saturated carbocycles. The van der Waals surface area contributed by atoms with Gasteiger partial charge in [-0.3, -0.25) is 0 Å². The highest BCUT2D eigenvalue weighted by Gasteiger charge is 2.52. The third-order valence-corrected chi connectivity index (χ3v) is 5.99. The summed E-state index contributed by atoms with van der Waals surface area (Å²) in [4.78, 5) is 11.0. The molecule has 1 fully saturated rings. The van der Waals surface area contributed by atoms with E-state index < -0.39 is 34.3 Å². The molecule has 9 heteroatoms. The molecule has 2 rings (SSSR count). The fourth-order valence-corrected chi connectivity index (χ4v) is 3.62. The van der Waals surface area contributed by atoms with E-state index in [1.54, 1.807) is 6.92 Å². The van der Waals surface area contributed by atoms with Crippen molar-refractivity contribution in [2.24, 2.45) is 0 Å². The molecule has 0 aromatic heterocycles. The zero-order valence-electron chi connectivity index (χ0n) is 14.4. The highest BCUT2D eigenvalue weighted by atomic mass is 32.2. The van der Waals surface area contributed by atoms with Crippen molar-refractivity contribution in [1.82, 2.24) is 4.72 Å². The maximum Gasteiger partial charge on any atom is 0.496 e. The molecule has 7 nitrogen and oxygen atoms in total. The fourth-order valence-electron chi connectivity index (χ4n) is 2.33. The summed E-state index contributed by atoms with van der Waals surface area (Å²) in [5.74, 6) is -1.21. The number of rotatable bonds is 5. The highest BCUT2D eigenvalue weighted by molar-refractivity contribution is 7.89. The number of carboxylic acid groups (broad SMARTS) is 1. The lowest BCUT2D eigenvalue weighted by Crippen LogP contribution is -2.41. The molecule has 1 saturated heterocycles. The van der Waals surface area contributed by atoms with E-state index in [2.05, 4.69) is 4.72 Å². The van der Waals surface area contributed by atoms with E-state index in [0.717, 1.165) is 6.07 Å². The van der Waals surface area contributed by atoms with Crippen LogP contribution < -0.4 is 10.2 Å². The van der Waals surface area contributed by atoms with Crippen molar-refractivity contribution in [3.8, 4) is 0 Å². The molecule has 24 heavy (non-hydrogen) atoms. The molecule has 0 unspecified atom stereocenters. The molecule has 1 heterocycles. The van der Waals surface area contributed by atoms with Gasteiger partial charge in [0.05, 0.1) is 21.7 Å². The summed E-state index contributed by atoms with van der Waals surface area (Å²) in [7, 11) is -4.78. The van der Waals surface area contributed by atoms with Gasteiger partial charge in [-0.1, -0.05) is 13.0 Å². The Labute approximate surface area is 142 Å². The quantitative estimate of drug-likeness (QED) is 0.764. The number of aromatic carboxylic acids is 1. The molecule has 132 valence electrons.